The van der Waals surface area contributed by atoms with E-state index in [1.165, 1.54) is 50.0 Å². The summed E-state index contributed by atoms with van der Waals surface area (Å²) < 4.78 is 38.4. The summed E-state index contributed by atoms with van der Waals surface area (Å²) in [5.74, 6) is 0.130. The number of thiophene rings is 1. The number of nitrogens with one attached hydrogen (secondary N) is 1. The van der Waals surface area contributed by atoms with Crippen molar-refractivity contribution in [2.75, 3.05) is 25.1 Å². The largest absolute Gasteiger partial charge is 0.497 e. The van der Waals surface area contributed by atoms with E-state index in [0.717, 1.165) is 14.7 Å². The molecule has 1 amide bonds. The van der Waals surface area contributed by atoms with Gasteiger partial charge in [0.15, 0.2) is 0 Å². The fourth-order valence-corrected chi connectivity index (χ4v) is 5.09. The van der Waals surface area contributed by atoms with Gasteiger partial charge in [-0.25, -0.2) is 13.8 Å². The first-order valence-electron chi connectivity index (χ1n) is 9.52. The van der Waals surface area contributed by atoms with Gasteiger partial charge in [-0.05, 0) is 48.2 Å². The van der Waals surface area contributed by atoms with Gasteiger partial charge in [0.05, 0.1) is 31.0 Å². The zero-order chi connectivity index (χ0) is 23.1. The highest BCUT2D eigenvalue weighted by Gasteiger charge is 2.29. The van der Waals surface area contributed by atoms with Crippen LogP contribution in [0.1, 0.15) is 10.4 Å². The molecule has 0 bridgehead atoms. The molecule has 3 rings (SSSR count). The fourth-order valence-electron chi connectivity index (χ4n) is 2.86. The van der Waals surface area contributed by atoms with E-state index >= 15 is 0 Å². The molecule has 1 heterocycles. The minimum atomic E-state index is -4.07. The maximum Gasteiger partial charge on any atom is 0.264 e. The zero-order valence-electron chi connectivity index (χ0n) is 17.8. The van der Waals surface area contributed by atoms with Crippen molar-refractivity contribution >= 4 is 39.2 Å². The van der Waals surface area contributed by atoms with Crippen LogP contribution in [0.2, 0.25) is 0 Å². The zero-order valence-corrected chi connectivity index (χ0v) is 19.4. The summed E-state index contributed by atoms with van der Waals surface area (Å²) in [4.78, 5) is 13.6. The molecule has 0 spiro atoms. The van der Waals surface area contributed by atoms with Crippen LogP contribution in [0.25, 0.3) is 0 Å². The van der Waals surface area contributed by atoms with Crippen LogP contribution in [-0.4, -0.2) is 41.3 Å². The third-order valence-electron chi connectivity index (χ3n) is 4.55. The lowest BCUT2D eigenvalue weighted by Crippen LogP contribution is -2.39. The lowest BCUT2D eigenvalue weighted by Gasteiger charge is -2.25. The molecule has 0 unspecified atom stereocenters. The maximum absolute atomic E-state index is 13.4. The number of hydrazone groups is 1. The summed E-state index contributed by atoms with van der Waals surface area (Å²) >= 11 is 1.49. The van der Waals surface area contributed by atoms with Crippen molar-refractivity contribution in [3.05, 3.63) is 70.4 Å². The monoisotopic (exact) mass is 473 g/mol. The highest BCUT2D eigenvalue weighted by atomic mass is 32.2. The van der Waals surface area contributed by atoms with Crippen LogP contribution in [0.4, 0.5) is 5.69 Å². The number of anilines is 1. The Morgan fingerprint density at radius 2 is 1.88 bits per heavy atom. The number of hydrogen-bond acceptors (Lipinski definition) is 7. The second-order valence-corrected chi connectivity index (χ2v) is 9.43. The number of methoxy groups -OCH3 is 2. The summed E-state index contributed by atoms with van der Waals surface area (Å²) in [6, 6.07) is 14.5. The molecule has 0 atom stereocenters. The molecule has 1 aromatic heterocycles. The minimum Gasteiger partial charge on any atom is -0.497 e. The lowest BCUT2D eigenvalue weighted by atomic mass is 10.2. The van der Waals surface area contributed by atoms with Gasteiger partial charge < -0.3 is 9.47 Å². The van der Waals surface area contributed by atoms with Crippen LogP contribution in [0.5, 0.6) is 11.5 Å². The van der Waals surface area contributed by atoms with Crippen molar-refractivity contribution in [2.45, 2.75) is 11.8 Å². The van der Waals surface area contributed by atoms with E-state index < -0.39 is 22.5 Å². The van der Waals surface area contributed by atoms with Crippen molar-refractivity contribution in [3.63, 3.8) is 0 Å². The van der Waals surface area contributed by atoms with Crippen molar-refractivity contribution in [2.24, 2.45) is 5.10 Å². The number of carbonyl (C=O) groups excluding carboxylic acids is 1. The van der Waals surface area contributed by atoms with Crippen LogP contribution in [0, 0.1) is 6.92 Å². The third kappa shape index (κ3) is 5.27. The van der Waals surface area contributed by atoms with E-state index in [0.29, 0.717) is 5.75 Å². The number of nitrogens with zero attached hydrogens (tertiary/aromatic N) is 2. The summed E-state index contributed by atoms with van der Waals surface area (Å²) in [5, 5.41) is 5.88. The van der Waals surface area contributed by atoms with Crippen molar-refractivity contribution in [1.82, 2.24) is 5.43 Å². The quantitative estimate of drug-likeness (QED) is 0.379. The molecule has 3 aromatic rings. The highest BCUT2D eigenvalue weighted by molar-refractivity contribution is 7.92. The Labute approximate surface area is 191 Å². The normalized spacial score (nSPS) is 11.3. The van der Waals surface area contributed by atoms with Crippen LogP contribution in [0.15, 0.2) is 70.0 Å². The second kappa shape index (κ2) is 10.3. The molecule has 0 fully saturated rings. The van der Waals surface area contributed by atoms with Crippen molar-refractivity contribution in [1.29, 1.82) is 0 Å². The van der Waals surface area contributed by atoms with Gasteiger partial charge in [-0.15, -0.1) is 11.3 Å². The van der Waals surface area contributed by atoms with Gasteiger partial charge in [-0.2, -0.15) is 5.10 Å². The molecular weight excluding hydrogens is 450 g/mol. The van der Waals surface area contributed by atoms with Gasteiger partial charge in [0, 0.05) is 10.9 Å². The average Bonchev–Trinajstić information content (AvgIpc) is 3.22. The number of ether oxygens (including phenoxy) is 2. The topological polar surface area (TPSA) is 97.3 Å². The number of amides is 1. The predicted octanol–water partition coefficient (Wildman–Crippen LogP) is 3.42. The van der Waals surface area contributed by atoms with E-state index in [-0.39, 0.29) is 16.3 Å². The third-order valence-corrected chi connectivity index (χ3v) is 7.27. The molecule has 0 aliphatic rings. The number of sulfonamides is 1. The first kappa shape index (κ1) is 23.3. The van der Waals surface area contributed by atoms with E-state index in [1.807, 2.05) is 18.4 Å². The summed E-state index contributed by atoms with van der Waals surface area (Å²) in [5.41, 5.74) is 3.63. The van der Waals surface area contributed by atoms with Crippen molar-refractivity contribution < 1.29 is 22.7 Å². The van der Waals surface area contributed by atoms with Gasteiger partial charge >= 0.3 is 0 Å². The first-order valence-corrected chi connectivity index (χ1v) is 11.8. The standard InChI is InChI=1S/C22H23N3O5S2/c1-16-11-12-31-21(16)14-23-24-22(26)15-25(32(27,28)18-7-5-4-6-8-18)19-10-9-17(29-2)13-20(19)30-3/h4-14H,15H2,1-3H3,(H,24,26)/b23-14+. The number of benzene rings is 2. The van der Waals surface area contributed by atoms with E-state index in [4.69, 9.17) is 9.47 Å². The average molecular weight is 474 g/mol. The fraction of sp³-hybridized carbons (Fsp3) is 0.182. The van der Waals surface area contributed by atoms with Crippen LogP contribution < -0.4 is 19.2 Å². The van der Waals surface area contributed by atoms with E-state index in [2.05, 4.69) is 10.5 Å². The Morgan fingerprint density at radius 1 is 1.12 bits per heavy atom. The molecule has 0 aliphatic heterocycles. The van der Waals surface area contributed by atoms with Crippen LogP contribution in [0.3, 0.4) is 0 Å². The molecule has 1 N–H and O–H groups in total. The molecular formula is C22H23N3O5S2. The molecule has 0 saturated carbocycles. The Bertz CT molecular complexity index is 1210. The van der Waals surface area contributed by atoms with Gasteiger partial charge in [-0.3, -0.25) is 9.10 Å². The smallest absolute Gasteiger partial charge is 0.264 e. The number of hydrogen-bond donors (Lipinski definition) is 1. The van der Waals surface area contributed by atoms with Gasteiger partial charge in [0.2, 0.25) is 0 Å². The molecule has 10 heteroatoms. The summed E-state index contributed by atoms with van der Waals surface area (Å²) in [6.45, 7) is 1.43. The van der Waals surface area contributed by atoms with Gasteiger partial charge in [0.25, 0.3) is 15.9 Å². The van der Waals surface area contributed by atoms with E-state index in [1.54, 1.807) is 30.3 Å². The molecule has 2 aromatic carbocycles. The molecule has 0 aliphatic carbocycles. The number of rotatable bonds is 9. The van der Waals surface area contributed by atoms with Gasteiger partial charge in [-0.1, -0.05) is 18.2 Å². The molecule has 8 nitrogen and oxygen atoms in total. The highest BCUT2D eigenvalue weighted by Crippen LogP contribution is 2.35. The Kier molecular flexibility index (Phi) is 7.49. The number of aryl methyl sites for hydroxylation is 1. The SMILES string of the molecule is COc1ccc(N(CC(=O)N/N=C/c2sccc2C)S(=O)(=O)c2ccccc2)c(OC)c1. The molecule has 32 heavy (non-hydrogen) atoms. The first-order chi connectivity index (χ1) is 15.4. The minimum absolute atomic E-state index is 0.0448. The molecule has 168 valence electrons. The van der Waals surface area contributed by atoms with Crippen LogP contribution in [-0.2, 0) is 14.8 Å². The predicted molar refractivity (Wildman–Crippen MR) is 125 cm³/mol. The van der Waals surface area contributed by atoms with Crippen LogP contribution >= 0.6 is 11.3 Å². The Morgan fingerprint density at radius 3 is 2.50 bits per heavy atom. The summed E-state index contributed by atoms with van der Waals surface area (Å²) in [6.07, 6.45) is 1.53. The van der Waals surface area contributed by atoms with Gasteiger partial charge in [0.1, 0.15) is 18.0 Å². The molecule has 0 saturated heterocycles. The second-order valence-electron chi connectivity index (χ2n) is 6.62. The van der Waals surface area contributed by atoms with Crippen molar-refractivity contribution in [3.8, 4) is 11.5 Å². The summed E-state index contributed by atoms with van der Waals surface area (Å²) in [7, 11) is -1.16. The Hall–Kier alpha value is -3.37. The lowest BCUT2D eigenvalue weighted by molar-refractivity contribution is -0.119. The van der Waals surface area contributed by atoms with E-state index in [9.17, 15) is 13.2 Å². The Balaban J connectivity index is 1.93. The maximum atomic E-state index is 13.4. The molecule has 0 radical (unpaired) electrons. The number of carbonyl (C=O) groups is 1.